The van der Waals surface area contributed by atoms with E-state index in [0.717, 1.165) is 13.0 Å². The number of hydrogen-bond acceptors (Lipinski definition) is 2. The summed E-state index contributed by atoms with van der Waals surface area (Å²) >= 11 is 0. The highest BCUT2D eigenvalue weighted by Crippen LogP contribution is 2.19. The SMILES string of the molecule is C[C@@H]1CC[C@@H](COCc2ccccc2)O1. The van der Waals surface area contributed by atoms with Crippen molar-refractivity contribution in [3.05, 3.63) is 35.9 Å². The molecule has 1 aromatic carbocycles. The summed E-state index contributed by atoms with van der Waals surface area (Å²) in [5, 5.41) is 0. The summed E-state index contributed by atoms with van der Waals surface area (Å²) in [4.78, 5) is 0. The third-order valence-electron chi connectivity index (χ3n) is 2.74. The first-order valence-corrected chi connectivity index (χ1v) is 5.62. The molecule has 0 spiro atoms. The van der Waals surface area contributed by atoms with Gasteiger partial charge in [-0.2, -0.15) is 0 Å². The largest absolute Gasteiger partial charge is 0.374 e. The molecule has 0 saturated carbocycles. The highest BCUT2D eigenvalue weighted by molar-refractivity contribution is 5.13. The van der Waals surface area contributed by atoms with Crippen molar-refractivity contribution in [2.75, 3.05) is 6.61 Å². The Morgan fingerprint density at radius 3 is 2.73 bits per heavy atom. The van der Waals surface area contributed by atoms with Crippen LogP contribution >= 0.6 is 0 Å². The van der Waals surface area contributed by atoms with Gasteiger partial charge in [-0.25, -0.2) is 0 Å². The maximum Gasteiger partial charge on any atom is 0.0813 e. The Hall–Kier alpha value is -0.860. The lowest BCUT2D eigenvalue weighted by atomic mass is 10.2. The highest BCUT2D eigenvalue weighted by atomic mass is 16.5. The predicted molar refractivity (Wildman–Crippen MR) is 59.7 cm³/mol. The number of benzene rings is 1. The molecule has 0 bridgehead atoms. The first-order chi connectivity index (χ1) is 7.34. The third kappa shape index (κ3) is 3.33. The molecule has 1 saturated heterocycles. The second-order valence-corrected chi connectivity index (χ2v) is 4.15. The second kappa shape index (κ2) is 5.29. The monoisotopic (exact) mass is 206 g/mol. The Morgan fingerprint density at radius 2 is 2.07 bits per heavy atom. The molecule has 2 nitrogen and oxygen atoms in total. The third-order valence-corrected chi connectivity index (χ3v) is 2.74. The van der Waals surface area contributed by atoms with Crippen molar-refractivity contribution in [2.24, 2.45) is 0 Å². The fourth-order valence-corrected chi connectivity index (χ4v) is 1.89. The minimum atomic E-state index is 0.309. The van der Waals surface area contributed by atoms with Gasteiger partial charge in [-0.1, -0.05) is 30.3 Å². The molecule has 1 heterocycles. The maximum absolute atomic E-state index is 5.67. The van der Waals surface area contributed by atoms with Crippen LogP contribution < -0.4 is 0 Å². The van der Waals surface area contributed by atoms with Gasteiger partial charge in [0.2, 0.25) is 0 Å². The van der Waals surface area contributed by atoms with Crippen LogP contribution in [-0.4, -0.2) is 18.8 Å². The molecular formula is C13H18O2. The predicted octanol–water partition coefficient (Wildman–Crippen LogP) is 2.77. The average molecular weight is 206 g/mol. The molecule has 2 rings (SSSR count). The van der Waals surface area contributed by atoms with E-state index >= 15 is 0 Å². The van der Waals surface area contributed by atoms with E-state index in [2.05, 4.69) is 19.1 Å². The molecule has 1 aliphatic heterocycles. The zero-order chi connectivity index (χ0) is 10.5. The zero-order valence-electron chi connectivity index (χ0n) is 9.19. The smallest absolute Gasteiger partial charge is 0.0813 e. The van der Waals surface area contributed by atoms with E-state index in [0.29, 0.717) is 18.8 Å². The van der Waals surface area contributed by atoms with Crippen LogP contribution in [0.25, 0.3) is 0 Å². The average Bonchev–Trinajstić information content (AvgIpc) is 2.66. The number of ether oxygens (including phenoxy) is 2. The fourth-order valence-electron chi connectivity index (χ4n) is 1.89. The summed E-state index contributed by atoms with van der Waals surface area (Å²) in [7, 11) is 0. The van der Waals surface area contributed by atoms with Crippen LogP contribution in [0.5, 0.6) is 0 Å². The maximum atomic E-state index is 5.67. The van der Waals surface area contributed by atoms with Gasteiger partial charge >= 0.3 is 0 Å². The molecule has 1 aliphatic rings. The second-order valence-electron chi connectivity index (χ2n) is 4.15. The topological polar surface area (TPSA) is 18.5 Å². The van der Waals surface area contributed by atoms with Crippen molar-refractivity contribution in [1.29, 1.82) is 0 Å². The Labute approximate surface area is 91.2 Å². The Bertz CT molecular complexity index is 284. The van der Waals surface area contributed by atoms with E-state index < -0.39 is 0 Å². The lowest BCUT2D eigenvalue weighted by molar-refractivity contribution is -0.0142. The van der Waals surface area contributed by atoms with Gasteiger partial charge < -0.3 is 9.47 Å². The first kappa shape index (κ1) is 10.7. The van der Waals surface area contributed by atoms with Crippen LogP contribution in [0.4, 0.5) is 0 Å². The summed E-state index contributed by atoms with van der Waals surface area (Å²) < 4.78 is 11.3. The van der Waals surface area contributed by atoms with Crippen molar-refractivity contribution in [2.45, 2.75) is 38.6 Å². The minimum absolute atomic E-state index is 0.309. The number of hydrogen-bond donors (Lipinski definition) is 0. The molecule has 0 amide bonds. The molecular weight excluding hydrogens is 188 g/mol. The van der Waals surface area contributed by atoms with Crippen molar-refractivity contribution >= 4 is 0 Å². The van der Waals surface area contributed by atoms with Gasteiger partial charge in [-0.3, -0.25) is 0 Å². The summed E-state index contributed by atoms with van der Waals surface area (Å²) in [6.45, 7) is 3.53. The Kier molecular flexibility index (Phi) is 3.75. The van der Waals surface area contributed by atoms with Gasteiger partial charge in [0.05, 0.1) is 25.4 Å². The summed E-state index contributed by atoms with van der Waals surface area (Å²) in [5.74, 6) is 0. The van der Waals surface area contributed by atoms with E-state index in [1.165, 1.54) is 12.0 Å². The highest BCUT2D eigenvalue weighted by Gasteiger charge is 2.21. The molecule has 0 aliphatic carbocycles. The van der Waals surface area contributed by atoms with Crippen LogP contribution in [0.1, 0.15) is 25.3 Å². The van der Waals surface area contributed by atoms with Crippen LogP contribution in [0, 0.1) is 0 Å². The Morgan fingerprint density at radius 1 is 1.27 bits per heavy atom. The molecule has 15 heavy (non-hydrogen) atoms. The van der Waals surface area contributed by atoms with Gasteiger partial charge in [0.25, 0.3) is 0 Å². The molecule has 1 aromatic rings. The standard InChI is InChI=1S/C13H18O2/c1-11-7-8-13(15-11)10-14-9-12-5-3-2-4-6-12/h2-6,11,13H,7-10H2,1H3/t11-,13+/m1/s1. The van der Waals surface area contributed by atoms with Crippen molar-refractivity contribution in [3.8, 4) is 0 Å². The van der Waals surface area contributed by atoms with Gasteiger partial charge in [-0.05, 0) is 25.3 Å². The van der Waals surface area contributed by atoms with Crippen LogP contribution in [0.2, 0.25) is 0 Å². The van der Waals surface area contributed by atoms with Gasteiger partial charge in [0.1, 0.15) is 0 Å². The van der Waals surface area contributed by atoms with Crippen molar-refractivity contribution in [1.82, 2.24) is 0 Å². The quantitative estimate of drug-likeness (QED) is 0.754. The molecule has 2 atom stereocenters. The molecule has 82 valence electrons. The summed E-state index contributed by atoms with van der Waals surface area (Å²) in [5.41, 5.74) is 1.23. The van der Waals surface area contributed by atoms with E-state index in [4.69, 9.17) is 9.47 Å². The van der Waals surface area contributed by atoms with Crippen LogP contribution in [-0.2, 0) is 16.1 Å². The van der Waals surface area contributed by atoms with E-state index in [-0.39, 0.29) is 0 Å². The Balaban J connectivity index is 1.67. The van der Waals surface area contributed by atoms with Crippen molar-refractivity contribution in [3.63, 3.8) is 0 Å². The normalized spacial score (nSPS) is 25.7. The van der Waals surface area contributed by atoms with Gasteiger partial charge in [-0.15, -0.1) is 0 Å². The molecule has 0 N–H and O–H groups in total. The number of rotatable bonds is 4. The molecule has 1 fully saturated rings. The lowest BCUT2D eigenvalue weighted by Gasteiger charge is -2.11. The van der Waals surface area contributed by atoms with Crippen LogP contribution in [0.15, 0.2) is 30.3 Å². The van der Waals surface area contributed by atoms with E-state index in [1.807, 2.05) is 18.2 Å². The molecule has 0 unspecified atom stereocenters. The minimum Gasteiger partial charge on any atom is -0.374 e. The van der Waals surface area contributed by atoms with E-state index in [1.54, 1.807) is 0 Å². The van der Waals surface area contributed by atoms with E-state index in [9.17, 15) is 0 Å². The van der Waals surface area contributed by atoms with Crippen molar-refractivity contribution < 1.29 is 9.47 Å². The fraction of sp³-hybridized carbons (Fsp3) is 0.538. The molecule has 2 heteroatoms. The summed E-state index contributed by atoms with van der Waals surface area (Å²) in [6.07, 6.45) is 3.02. The summed E-state index contributed by atoms with van der Waals surface area (Å²) in [6, 6.07) is 10.3. The molecule has 0 aromatic heterocycles. The van der Waals surface area contributed by atoms with Gasteiger partial charge in [0.15, 0.2) is 0 Å². The van der Waals surface area contributed by atoms with Crippen LogP contribution in [0.3, 0.4) is 0 Å². The lowest BCUT2D eigenvalue weighted by Crippen LogP contribution is -2.15. The molecule has 0 radical (unpaired) electrons. The zero-order valence-corrected chi connectivity index (χ0v) is 9.19. The van der Waals surface area contributed by atoms with Gasteiger partial charge in [0, 0.05) is 0 Å². The first-order valence-electron chi connectivity index (χ1n) is 5.62.